The van der Waals surface area contributed by atoms with Gasteiger partial charge >= 0.3 is 0 Å². The van der Waals surface area contributed by atoms with Crippen molar-refractivity contribution in [3.05, 3.63) is 12.4 Å². The van der Waals surface area contributed by atoms with Crippen molar-refractivity contribution in [2.24, 2.45) is 5.92 Å². The van der Waals surface area contributed by atoms with Gasteiger partial charge in [-0.3, -0.25) is 0 Å². The summed E-state index contributed by atoms with van der Waals surface area (Å²) in [6, 6.07) is 1.82. The van der Waals surface area contributed by atoms with E-state index in [4.69, 9.17) is 4.74 Å². The van der Waals surface area contributed by atoms with Crippen molar-refractivity contribution in [1.82, 2.24) is 14.3 Å². The largest absolute Gasteiger partial charge is 0.481 e. The second kappa shape index (κ2) is 6.57. The van der Waals surface area contributed by atoms with Crippen molar-refractivity contribution in [2.45, 2.75) is 12.8 Å². The summed E-state index contributed by atoms with van der Waals surface area (Å²) in [5, 5.41) is 0. The van der Waals surface area contributed by atoms with Gasteiger partial charge in [0, 0.05) is 32.7 Å². The van der Waals surface area contributed by atoms with E-state index >= 15 is 0 Å². The second-order valence-electron chi connectivity index (χ2n) is 5.39. The monoisotopic (exact) mass is 314 g/mol. The van der Waals surface area contributed by atoms with Crippen LogP contribution >= 0.6 is 0 Å². The third-order valence-corrected chi connectivity index (χ3v) is 5.14. The fraction of sp³-hybridized carbons (Fsp3) is 0.692. The number of rotatable bonds is 5. The Morgan fingerprint density at radius 2 is 2.05 bits per heavy atom. The zero-order chi connectivity index (χ0) is 15.5. The quantitative estimate of drug-likeness (QED) is 0.792. The van der Waals surface area contributed by atoms with Crippen molar-refractivity contribution in [3.8, 4) is 5.88 Å². The lowest BCUT2D eigenvalue weighted by Crippen LogP contribution is -2.39. The van der Waals surface area contributed by atoms with Crippen LogP contribution in [0.4, 0.5) is 5.82 Å². The number of nitrogens with zero attached hydrogens (tertiary/aromatic N) is 4. The lowest BCUT2D eigenvalue weighted by molar-refractivity contribution is 0.328. The summed E-state index contributed by atoms with van der Waals surface area (Å²) in [7, 11) is 0.124. The van der Waals surface area contributed by atoms with E-state index in [1.165, 1.54) is 16.9 Å². The van der Waals surface area contributed by atoms with Crippen molar-refractivity contribution < 1.29 is 13.2 Å². The lowest BCUT2D eigenvalue weighted by Gasteiger charge is -2.34. The molecule has 0 bridgehead atoms. The molecule has 1 saturated heterocycles. The van der Waals surface area contributed by atoms with Crippen LogP contribution in [0.25, 0.3) is 0 Å². The minimum Gasteiger partial charge on any atom is -0.481 e. The molecule has 2 rings (SSSR count). The van der Waals surface area contributed by atoms with Crippen LogP contribution in [-0.4, -0.2) is 62.7 Å². The molecule has 0 saturated carbocycles. The molecular formula is C13H22N4O3S. The van der Waals surface area contributed by atoms with Gasteiger partial charge in [-0.1, -0.05) is 0 Å². The first-order valence-electron chi connectivity index (χ1n) is 6.92. The molecule has 1 aliphatic heterocycles. The molecule has 1 fully saturated rings. The molecule has 0 N–H and O–H groups in total. The Bertz CT molecular complexity index is 571. The van der Waals surface area contributed by atoms with Crippen LogP contribution in [0.5, 0.6) is 5.88 Å². The topological polar surface area (TPSA) is 75.6 Å². The molecule has 21 heavy (non-hydrogen) atoms. The van der Waals surface area contributed by atoms with E-state index in [0.717, 1.165) is 31.7 Å². The predicted octanol–water partition coefficient (Wildman–Crippen LogP) is 0.593. The van der Waals surface area contributed by atoms with Gasteiger partial charge in [0.1, 0.15) is 12.1 Å². The molecule has 0 radical (unpaired) electrons. The van der Waals surface area contributed by atoms with Gasteiger partial charge in [0.2, 0.25) is 15.9 Å². The van der Waals surface area contributed by atoms with Crippen LogP contribution in [0.15, 0.2) is 12.4 Å². The fourth-order valence-corrected chi connectivity index (χ4v) is 2.94. The maximum atomic E-state index is 11.4. The van der Waals surface area contributed by atoms with Gasteiger partial charge in [-0.05, 0) is 18.8 Å². The average molecular weight is 314 g/mol. The summed E-state index contributed by atoms with van der Waals surface area (Å²) >= 11 is 0. The normalized spacial score (nSPS) is 17.2. The minimum absolute atomic E-state index is 0.393. The third-order valence-electron chi connectivity index (χ3n) is 3.86. The molecule has 0 atom stereocenters. The maximum Gasteiger partial charge on any atom is 0.218 e. The summed E-state index contributed by atoms with van der Waals surface area (Å²) in [4.78, 5) is 10.4. The first kappa shape index (κ1) is 16.0. The Morgan fingerprint density at radius 3 is 2.62 bits per heavy atom. The zero-order valence-corrected chi connectivity index (χ0v) is 13.5. The molecule has 1 aromatic rings. The van der Waals surface area contributed by atoms with Crippen molar-refractivity contribution in [3.63, 3.8) is 0 Å². The Balaban J connectivity index is 1.91. The standard InChI is InChI=1S/C13H22N4O3S/c1-16(21(3,18)19)9-11-4-6-17(7-5-11)12-8-13(20-2)15-10-14-12/h8,10-11H,4-7,9H2,1-3H3. The van der Waals surface area contributed by atoms with Crippen LogP contribution < -0.4 is 9.64 Å². The number of methoxy groups -OCH3 is 1. The molecule has 0 aromatic carbocycles. The SMILES string of the molecule is COc1cc(N2CCC(CN(C)S(C)(=O)=O)CC2)ncn1. The molecule has 0 aliphatic carbocycles. The smallest absolute Gasteiger partial charge is 0.218 e. The molecule has 0 amide bonds. The fourth-order valence-electron chi connectivity index (χ4n) is 2.46. The van der Waals surface area contributed by atoms with Crippen molar-refractivity contribution >= 4 is 15.8 Å². The van der Waals surface area contributed by atoms with Crippen LogP contribution in [-0.2, 0) is 10.0 Å². The lowest BCUT2D eigenvalue weighted by atomic mass is 9.97. The highest BCUT2D eigenvalue weighted by atomic mass is 32.2. The molecule has 8 heteroatoms. The van der Waals surface area contributed by atoms with Gasteiger partial charge in [0.05, 0.1) is 13.4 Å². The summed E-state index contributed by atoms with van der Waals surface area (Å²) in [6.07, 6.45) is 4.64. The summed E-state index contributed by atoms with van der Waals surface area (Å²) < 4.78 is 29.4. The average Bonchev–Trinajstić information content (AvgIpc) is 2.47. The van der Waals surface area contributed by atoms with Crippen LogP contribution in [0.1, 0.15) is 12.8 Å². The van der Waals surface area contributed by atoms with E-state index in [1.807, 2.05) is 6.07 Å². The van der Waals surface area contributed by atoms with E-state index in [1.54, 1.807) is 14.2 Å². The highest BCUT2D eigenvalue weighted by molar-refractivity contribution is 7.88. The van der Waals surface area contributed by atoms with Crippen LogP contribution in [0.2, 0.25) is 0 Å². The first-order chi connectivity index (χ1) is 9.90. The highest BCUT2D eigenvalue weighted by Gasteiger charge is 2.24. The maximum absolute atomic E-state index is 11.4. The van der Waals surface area contributed by atoms with E-state index in [9.17, 15) is 8.42 Å². The van der Waals surface area contributed by atoms with Gasteiger partial charge < -0.3 is 9.64 Å². The van der Waals surface area contributed by atoms with Gasteiger partial charge in [0.15, 0.2) is 0 Å². The van der Waals surface area contributed by atoms with E-state index in [0.29, 0.717) is 18.3 Å². The van der Waals surface area contributed by atoms with Crippen LogP contribution in [0, 0.1) is 5.92 Å². The molecule has 7 nitrogen and oxygen atoms in total. The number of piperidine rings is 1. The molecule has 2 heterocycles. The van der Waals surface area contributed by atoms with Gasteiger partial charge in [-0.2, -0.15) is 0 Å². The minimum atomic E-state index is -3.09. The molecule has 118 valence electrons. The number of anilines is 1. The molecule has 1 aromatic heterocycles. The van der Waals surface area contributed by atoms with Crippen molar-refractivity contribution in [1.29, 1.82) is 0 Å². The predicted molar refractivity (Wildman–Crippen MR) is 81.0 cm³/mol. The van der Waals surface area contributed by atoms with E-state index in [-0.39, 0.29) is 0 Å². The number of ether oxygens (including phenoxy) is 1. The molecular weight excluding hydrogens is 292 g/mol. The van der Waals surface area contributed by atoms with Crippen molar-refractivity contribution in [2.75, 3.05) is 44.9 Å². The first-order valence-corrected chi connectivity index (χ1v) is 8.77. The van der Waals surface area contributed by atoms with Gasteiger partial charge in [-0.15, -0.1) is 0 Å². The van der Waals surface area contributed by atoms with Gasteiger partial charge in [0.25, 0.3) is 0 Å². The Morgan fingerprint density at radius 1 is 1.38 bits per heavy atom. The highest BCUT2D eigenvalue weighted by Crippen LogP contribution is 2.24. The van der Waals surface area contributed by atoms with E-state index in [2.05, 4.69) is 14.9 Å². The number of sulfonamides is 1. The Labute approximate surface area is 126 Å². The molecule has 1 aliphatic rings. The summed E-state index contributed by atoms with van der Waals surface area (Å²) in [5.41, 5.74) is 0. The van der Waals surface area contributed by atoms with Crippen LogP contribution in [0.3, 0.4) is 0 Å². The summed E-state index contributed by atoms with van der Waals surface area (Å²) in [5.74, 6) is 1.81. The summed E-state index contributed by atoms with van der Waals surface area (Å²) in [6.45, 7) is 2.31. The Kier molecular flexibility index (Phi) is 5.00. The molecule has 0 unspecified atom stereocenters. The zero-order valence-electron chi connectivity index (χ0n) is 12.7. The number of hydrogen-bond donors (Lipinski definition) is 0. The Hall–Kier alpha value is -1.41. The number of aromatic nitrogens is 2. The third kappa shape index (κ3) is 4.28. The molecule has 0 spiro atoms. The number of hydrogen-bond acceptors (Lipinski definition) is 6. The van der Waals surface area contributed by atoms with Gasteiger partial charge in [-0.25, -0.2) is 22.7 Å². The second-order valence-corrected chi connectivity index (χ2v) is 7.48. The van der Waals surface area contributed by atoms with E-state index < -0.39 is 10.0 Å².